The minimum atomic E-state index is -0.196. The molecule has 0 aromatic rings. The lowest BCUT2D eigenvalue weighted by Gasteiger charge is -1.98. The predicted molar refractivity (Wildman–Crippen MR) is 36.1 cm³/mol. The molecule has 0 aliphatic heterocycles. The molecule has 0 fully saturated rings. The Morgan fingerprint density at radius 3 is 2.90 bits per heavy atom. The first-order valence-electron chi connectivity index (χ1n) is 3.33. The fourth-order valence-electron chi connectivity index (χ4n) is 0.439. The van der Waals surface area contributed by atoms with E-state index >= 15 is 0 Å². The highest BCUT2D eigenvalue weighted by atomic mass is 16.5. The maximum Gasteiger partial charge on any atom is 0.305 e. The Bertz CT molecular complexity index is 137. The number of carbonyl (C=O) groups is 1. The molecule has 0 atom stereocenters. The number of esters is 1. The van der Waals surface area contributed by atoms with Crippen molar-refractivity contribution in [1.29, 1.82) is 5.26 Å². The molecule has 0 saturated heterocycles. The van der Waals surface area contributed by atoms with Gasteiger partial charge in [-0.2, -0.15) is 5.26 Å². The summed E-state index contributed by atoms with van der Waals surface area (Å²) in [6.07, 6.45) is 1.51. The molecule has 0 spiro atoms. The van der Waals surface area contributed by atoms with Crippen molar-refractivity contribution in [3.63, 3.8) is 0 Å². The molecule has 0 aliphatic rings. The highest BCUT2D eigenvalue weighted by Crippen LogP contribution is 1.90. The maximum absolute atomic E-state index is 10.5. The summed E-state index contributed by atoms with van der Waals surface area (Å²) >= 11 is 0. The van der Waals surface area contributed by atoms with Crippen LogP contribution in [-0.2, 0) is 9.53 Å². The van der Waals surface area contributed by atoms with Gasteiger partial charge >= 0.3 is 5.97 Å². The van der Waals surface area contributed by atoms with Crippen molar-refractivity contribution in [3.05, 3.63) is 0 Å². The molecule has 0 bridgehead atoms. The van der Waals surface area contributed by atoms with Gasteiger partial charge in [-0.3, -0.25) is 4.79 Å². The molecule has 0 radical (unpaired) electrons. The van der Waals surface area contributed by atoms with Crippen LogP contribution in [-0.4, -0.2) is 12.6 Å². The number of nitriles is 1. The van der Waals surface area contributed by atoms with Crippen molar-refractivity contribution in [2.24, 2.45) is 0 Å². The summed E-state index contributed by atoms with van der Waals surface area (Å²) in [5.74, 6) is -0.196. The molecule has 0 aromatic carbocycles. The van der Waals surface area contributed by atoms with E-state index in [-0.39, 0.29) is 5.97 Å². The summed E-state index contributed by atoms with van der Waals surface area (Å²) in [6, 6.07) is 1.97. The second-order valence-corrected chi connectivity index (χ2v) is 1.84. The highest BCUT2D eigenvalue weighted by molar-refractivity contribution is 5.68. The van der Waals surface area contributed by atoms with E-state index in [0.717, 1.165) is 0 Å². The van der Waals surface area contributed by atoms with Gasteiger partial charge in [-0.1, -0.05) is 6.92 Å². The van der Waals surface area contributed by atoms with E-state index in [9.17, 15) is 4.79 Å². The van der Waals surface area contributed by atoms with Crippen molar-refractivity contribution in [3.8, 4) is 6.07 Å². The van der Waals surface area contributed by atoms with Gasteiger partial charge < -0.3 is 4.74 Å². The van der Waals surface area contributed by atoms with Crippen molar-refractivity contribution in [2.75, 3.05) is 6.61 Å². The first-order valence-corrected chi connectivity index (χ1v) is 3.33. The molecular weight excluding hydrogens is 130 g/mol. The van der Waals surface area contributed by atoms with Crippen molar-refractivity contribution < 1.29 is 9.53 Å². The Hall–Kier alpha value is -1.04. The molecule has 0 unspecified atom stereocenters. The Morgan fingerprint density at radius 2 is 2.40 bits per heavy atom. The lowest BCUT2D eigenvalue weighted by atomic mass is 10.3. The number of hydrogen-bond acceptors (Lipinski definition) is 3. The second-order valence-electron chi connectivity index (χ2n) is 1.84. The molecule has 0 saturated carbocycles. The van der Waals surface area contributed by atoms with Gasteiger partial charge in [0.15, 0.2) is 0 Å². The van der Waals surface area contributed by atoms with Crippen LogP contribution >= 0.6 is 0 Å². The smallest absolute Gasteiger partial charge is 0.305 e. The fourth-order valence-corrected chi connectivity index (χ4v) is 0.439. The molecule has 3 nitrogen and oxygen atoms in total. The lowest BCUT2D eigenvalue weighted by molar-refractivity contribution is -0.143. The van der Waals surface area contributed by atoms with Crippen molar-refractivity contribution in [1.82, 2.24) is 0 Å². The van der Waals surface area contributed by atoms with E-state index in [0.29, 0.717) is 25.9 Å². The third-order valence-electron chi connectivity index (χ3n) is 0.985. The number of nitrogens with zero attached hydrogens (tertiary/aromatic N) is 1. The van der Waals surface area contributed by atoms with Crippen LogP contribution in [0, 0.1) is 11.3 Å². The average Bonchev–Trinajstić information content (AvgIpc) is 1.98. The molecule has 10 heavy (non-hydrogen) atoms. The summed E-state index contributed by atoms with van der Waals surface area (Å²) in [6.45, 7) is 2.12. The molecule has 0 aliphatic carbocycles. The monoisotopic (exact) mass is 141 g/mol. The average molecular weight is 141 g/mol. The second kappa shape index (κ2) is 6.09. The van der Waals surface area contributed by atoms with Gasteiger partial charge in [0.05, 0.1) is 12.7 Å². The van der Waals surface area contributed by atoms with Gasteiger partial charge in [-0.05, 0) is 6.42 Å². The zero-order chi connectivity index (χ0) is 7.82. The molecule has 0 rings (SSSR count). The van der Waals surface area contributed by atoms with E-state index in [2.05, 4.69) is 0 Å². The van der Waals surface area contributed by atoms with Crippen LogP contribution in [0.3, 0.4) is 0 Å². The van der Waals surface area contributed by atoms with Gasteiger partial charge in [0, 0.05) is 12.8 Å². The van der Waals surface area contributed by atoms with Crippen LogP contribution in [0.1, 0.15) is 26.2 Å². The first kappa shape index (κ1) is 8.96. The third kappa shape index (κ3) is 5.10. The molecule has 56 valence electrons. The summed E-state index contributed by atoms with van der Waals surface area (Å²) < 4.78 is 4.70. The molecule has 0 amide bonds. The van der Waals surface area contributed by atoms with Crippen molar-refractivity contribution in [2.45, 2.75) is 26.2 Å². The highest BCUT2D eigenvalue weighted by Gasteiger charge is 1.95. The molecular formula is C7H11NO2. The zero-order valence-corrected chi connectivity index (χ0v) is 6.09. The molecule has 0 heterocycles. The number of hydrogen-bond donors (Lipinski definition) is 0. The maximum atomic E-state index is 10.5. The SMILES string of the molecule is CCC(=O)OCCCC#N. The van der Waals surface area contributed by atoms with E-state index in [1.807, 2.05) is 6.07 Å². The lowest BCUT2D eigenvalue weighted by Crippen LogP contribution is -2.03. The Balaban J connectivity index is 3.05. The van der Waals surface area contributed by atoms with E-state index in [4.69, 9.17) is 10.00 Å². The third-order valence-corrected chi connectivity index (χ3v) is 0.985. The van der Waals surface area contributed by atoms with Gasteiger partial charge in [-0.25, -0.2) is 0 Å². The number of rotatable bonds is 4. The van der Waals surface area contributed by atoms with E-state index < -0.39 is 0 Å². The number of ether oxygens (including phenoxy) is 1. The standard InChI is InChI=1S/C7H11NO2/c1-2-7(9)10-6-4-3-5-8/h2-4,6H2,1H3. The summed E-state index contributed by atoms with van der Waals surface area (Å²) in [5, 5.41) is 8.10. The summed E-state index contributed by atoms with van der Waals surface area (Å²) in [5.41, 5.74) is 0. The number of carbonyl (C=O) groups excluding carboxylic acids is 1. The van der Waals surface area contributed by atoms with Gasteiger partial charge in [0.2, 0.25) is 0 Å². The molecule has 0 aromatic heterocycles. The van der Waals surface area contributed by atoms with Crippen LogP contribution in [0.2, 0.25) is 0 Å². The quantitative estimate of drug-likeness (QED) is 0.437. The first-order chi connectivity index (χ1) is 4.81. The van der Waals surface area contributed by atoms with Gasteiger partial charge in [0.1, 0.15) is 0 Å². The Morgan fingerprint density at radius 1 is 1.70 bits per heavy atom. The normalized spacial score (nSPS) is 8.40. The summed E-state index contributed by atoms with van der Waals surface area (Å²) in [4.78, 5) is 10.5. The van der Waals surface area contributed by atoms with Crippen molar-refractivity contribution >= 4 is 5.97 Å². The van der Waals surface area contributed by atoms with Crippen LogP contribution in [0.25, 0.3) is 0 Å². The number of unbranched alkanes of at least 4 members (excludes halogenated alkanes) is 1. The molecule has 3 heteroatoms. The van der Waals surface area contributed by atoms with Crippen LogP contribution < -0.4 is 0 Å². The fraction of sp³-hybridized carbons (Fsp3) is 0.714. The molecule has 0 N–H and O–H groups in total. The topological polar surface area (TPSA) is 50.1 Å². The van der Waals surface area contributed by atoms with Gasteiger partial charge in [-0.15, -0.1) is 0 Å². The van der Waals surface area contributed by atoms with E-state index in [1.165, 1.54) is 0 Å². The minimum absolute atomic E-state index is 0.196. The van der Waals surface area contributed by atoms with Crippen LogP contribution in [0.5, 0.6) is 0 Å². The zero-order valence-electron chi connectivity index (χ0n) is 6.09. The van der Waals surface area contributed by atoms with Gasteiger partial charge in [0.25, 0.3) is 0 Å². The Kier molecular flexibility index (Phi) is 5.45. The van der Waals surface area contributed by atoms with E-state index in [1.54, 1.807) is 6.92 Å². The summed E-state index contributed by atoms with van der Waals surface area (Å²) in [7, 11) is 0. The Labute approximate surface area is 60.6 Å². The van der Waals surface area contributed by atoms with Crippen LogP contribution in [0.15, 0.2) is 0 Å². The predicted octanol–water partition coefficient (Wildman–Crippen LogP) is 1.24. The largest absolute Gasteiger partial charge is 0.466 e. The van der Waals surface area contributed by atoms with Crippen LogP contribution in [0.4, 0.5) is 0 Å². The minimum Gasteiger partial charge on any atom is -0.466 e.